The second-order valence-corrected chi connectivity index (χ2v) is 5.01. The minimum absolute atomic E-state index is 0.0180. The maximum absolute atomic E-state index is 12.0. The highest BCUT2D eigenvalue weighted by Crippen LogP contribution is 2.33. The van der Waals surface area contributed by atoms with Gasteiger partial charge in [0, 0.05) is 6.54 Å². The summed E-state index contributed by atoms with van der Waals surface area (Å²) in [7, 11) is 1.44. The predicted octanol–water partition coefficient (Wildman–Crippen LogP) is 2.62. The third kappa shape index (κ3) is 2.70. The van der Waals surface area contributed by atoms with Crippen molar-refractivity contribution in [3.8, 4) is 11.5 Å². The number of phenolic OH excluding ortho intramolecular Hbond substituents is 1. The van der Waals surface area contributed by atoms with Crippen LogP contribution < -0.4 is 4.74 Å². The number of amides is 2. The molecule has 0 radical (unpaired) electrons. The minimum Gasteiger partial charge on any atom is -0.504 e. The van der Waals surface area contributed by atoms with Crippen molar-refractivity contribution < 1.29 is 19.4 Å². The number of aromatic hydroxyl groups is 1. The first-order chi connectivity index (χ1) is 9.56. The average Bonchev–Trinajstić information content (AvgIpc) is 2.69. The zero-order valence-corrected chi connectivity index (χ0v) is 11.6. The maximum Gasteiger partial charge on any atom is 0.293 e. The van der Waals surface area contributed by atoms with Crippen LogP contribution in [0.4, 0.5) is 4.79 Å². The standard InChI is InChI=1S/C14H13NO4S/c1-3-6-15-13(17)12(20-14(15)18)8-9-4-5-10(16)11(7-9)19-2/h3-5,7-8,16H,1,6H2,2H3/b12-8+. The van der Waals surface area contributed by atoms with E-state index >= 15 is 0 Å². The van der Waals surface area contributed by atoms with Crippen LogP contribution >= 0.6 is 11.8 Å². The molecule has 1 aliphatic rings. The SMILES string of the molecule is C=CCN1C(=O)S/C(=C/c2ccc(O)c(OC)c2)C1=O. The Labute approximate surface area is 120 Å². The molecule has 2 rings (SSSR count). The van der Waals surface area contributed by atoms with Crippen LogP contribution in [0.5, 0.6) is 11.5 Å². The number of rotatable bonds is 4. The number of ether oxygens (including phenoxy) is 1. The van der Waals surface area contributed by atoms with Crippen molar-refractivity contribution in [3.63, 3.8) is 0 Å². The van der Waals surface area contributed by atoms with Gasteiger partial charge in [0.15, 0.2) is 11.5 Å². The van der Waals surface area contributed by atoms with Crippen molar-refractivity contribution in [2.24, 2.45) is 0 Å². The molecule has 2 amide bonds. The lowest BCUT2D eigenvalue weighted by Crippen LogP contribution is -2.27. The fourth-order valence-electron chi connectivity index (χ4n) is 1.72. The fraction of sp³-hybridized carbons (Fsp3) is 0.143. The second kappa shape index (κ2) is 5.83. The van der Waals surface area contributed by atoms with E-state index in [0.29, 0.717) is 16.2 Å². The Morgan fingerprint density at radius 2 is 2.20 bits per heavy atom. The van der Waals surface area contributed by atoms with Gasteiger partial charge in [-0.3, -0.25) is 14.5 Å². The molecule has 1 aromatic carbocycles. The van der Waals surface area contributed by atoms with Crippen LogP contribution in [0, 0.1) is 0 Å². The highest BCUT2D eigenvalue weighted by atomic mass is 32.2. The van der Waals surface area contributed by atoms with E-state index in [1.165, 1.54) is 19.3 Å². The monoisotopic (exact) mass is 291 g/mol. The van der Waals surface area contributed by atoms with Crippen molar-refractivity contribution in [1.29, 1.82) is 0 Å². The molecular weight excluding hydrogens is 278 g/mol. The topological polar surface area (TPSA) is 66.8 Å². The molecule has 0 aliphatic carbocycles. The molecule has 0 saturated carbocycles. The average molecular weight is 291 g/mol. The number of nitrogens with zero attached hydrogens (tertiary/aromatic N) is 1. The van der Waals surface area contributed by atoms with Crippen LogP contribution in [0.25, 0.3) is 6.08 Å². The summed E-state index contributed by atoms with van der Waals surface area (Å²) in [4.78, 5) is 25.2. The van der Waals surface area contributed by atoms with Gasteiger partial charge in [0.2, 0.25) is 0 Å². The Kier molecular flexibility index (Phi) is 4.14. The van der Waals surface area contributed by atoms with Crippen molar-refractivity contribution in [2.75, 3.05) is 13.7 Å². The van der Waals surface area contributed by atoms with Gasteiger partial charge in [0.1, 0.15) is 0 Å². The maximum atomic E-state index is 12.0. The number of hydrogen-bond donors (Lipinski definition) is 1. The van der Waals surface area contributed by atoms with E-state index in [1.54, 1.807) is 18.2 Å². The number of phenols is 1. The van der Waals surface area contributed by atoms with Gasteiger partial charge in [-0.25, -0.2) is 0 Å². The first-order valence-electron chi connectivity index (χ1n) is 5.80. The largest absolute Gasteiger partial charge is 0.504 e. The Balaban J connectivity index is 2.30. The molecule has 5 nitrogen and oxygen atoms in total. The van der Waals surface area contributed by atoms with Gasteiger partial charge in [-0.15, -0.1) is 6.58 Å². The number of carbonyl (C=O) groups is 2. The number of methoxy groups -OCH3 is 1. The summed E-state index contributed by atoms with van der Waals surface area (Å²) in [5.74, 6) is -0.0135. The van der Waals surface area contributed by atoms with Crippen LogP contribution in [-0.4, -0.2) is 34.8 Å². The summed E-state index contributed by atoms with van der Waals surface area (Å²) in [6.45, 7) is 3.71. The first-order valence-corrected chi connectivity index (χ1v) is 6.61. The molecule has 0 bridgehead atoms. The molecule has 1 aromatic rings. The van der Waals surface area contributed by atoms with Crippen LogP contribution in [0.3, 0.4) is 0 Å². The number of imide groups is 1. The highest BCUT2D eigenvalue weighted by molar-refractivity contribution is 8.18. The lowest BCUT2D eigenvalue weighted by Gasteiger charge is -2.08. The van der Waals surface area contributed by atoms with E-state index in [-0.39, 0.29) is 23.4 Å². The molecule has 1 N–H and O–H groups in total. The third-order valence-electron chi connectivity index (χ3n) is 2.69. The van der Waals surface area contributed by atoms with E-state index in [2.05, 4.69) is 6.58 Å². The van der Waals surface area contributed by atoms with Gasteiger partial charge in [0.05, 0.1) is 12.0 Å². The van der Waals surface area contributed by atoms with Crippen LogP contribution in [0.2, 0.25) is 0 Å². The summed E-state index contributed by atoms with van der Waals surface area (Å²) >= 11 is 0.882. The molecule has 1 aliphatic heterocycles. The van der Waals surface area contributed by atoms with E-state index in [4.69, 9.17) is 4.74 Å². The number of benzene rings is 1. The van der Waals surface area contributed by atoms with Gasteiger partial charge in [-0.05, 0) is 35.5 Å². The molecule has 0 atom stereocenters. The van der Waals surface area contributed by atoms with Gasteiger partial charge in [-0.2, -0.15) is 0 Å². The summed E-state index contributed by atoms with van der Waals surface area (Å²) in [6.07, 6.45) is 3.10. The van der Waals surface area contributed by atoms with Crippen LogP contribution in [-0.2, 0) is 4.79 Å². The van der Waals surface area contributed by atoms with E-state index in [1.807, 2.05) is 0 Å². The lowest BCUT2D eigenvalue weighted by atomic mass is 10.2. The van der Waals surface area contributed by atoms with Gasteiger partial charge in [0.25, 0.3) is 11.1 Å². The molecule has 0 spiro atoms. The van der Waals surface area contributed by atoms with E-state index < -0.39 is 0 Å². The smallest absolute Gasteiger partial charge is 0.293 e. The normalized spacial score (nSPS) is 16.9. The summed E-state index contributed by atoms with van der Waals surface area (Å²) in [5, 5.41) is 9.20. The van der Waals surface area contributed by atoms with E-state index in [9.17, 15) is 14.7 Å². The van der Waals surface area contributed by atoms with Gasteiger partial charge < -0.3 is 9.84 Å². The molecule has 6 heteroatoms. The molecule has 20 heavy (non-hydrogen) atoms. The van der Waals surface area contributed by atoms with Gasteiger partial charge >= 0.3 is 0 Å². The quantitative estimate of drug-likeness (QED) is 0.682. The molecule has 0 aromatic heterocycles. The van der Waals surface area contributed by atoms with Crippen molar-refractivity contribution in [2.45, 2.75) is 0 Å². The zero-order valence-electron chi connectivity index (χ0n) is 10.8. The van der Waals surface area contributed by atoms with E-state index in [0.717, 1.165) is 16.7 Å². The van der Waals surface area contributed by atoms with Crippen LogP contribution in [0.1, 0.15) is 5.56 Å². The molecule has 0 unspecified atom stereocenters. The Hall–Kier alpha value is -2.21. The molecule has 1 heterocycles. The van der Waals surface area contributed by atoms with Crippen molar-refractivity contribution in [1.82, 2.24) is 4.90 Å². The zero-order chi connectivity index (χ0) is 14.7. The summed E-state index contributed by atoms with van der Waals surface area (Å²) in [6, 6.07) is 4.70. The number of thioether (sulfide) groups is 1. The fourth-order valence-corrected chi connectivity index (χ4v) is 2.57. The molecule has 1 fully saturated rings. The summed E-state index contributed by atoms with van der Waals surface area (Å²) < 4.78 is 5.00. The van der Waals surface area contributed by atoms with Crippen molar-refractivity contribution >= 4 is 29.0 Å². The second-order valence-electron chi connectivity index (χ2n) is 4.01. The number of carbonyl (C=O) groups excluding carboxylic acids is 2. The van der Waals surface area contributed by atoms with Crippen LogP contribution in [0.15, 0.2) is 35.8 Å². The predicted molar refractivity (Wildman–Crippen MR) is 77.5 cm³/mol. The van der Waals surface area contributed by atoms with Crippen molar-refractivity contribution in [3.05, 3.63) is 41.3 Å². The Morgan fingerprint density at radius 3 is 2.85 bits per heavy atom. The summed E-state index contributed by atoms with van der Waals surface area (Å²) in [5.41, 5.74) is 0.670. The lowest BCUT2D eigenvalue weighted by molar-refractivity contribution is -0.122. The molecule has 1 saturated heterocycles. The number of hydrogen-bond acceptors (Lipinski definition) is 5. The molecule has 104 valence electrons. The third-order valence-corrected chi connectivity index (χ3v) is 3.59. The minimum atomic E-state index is -0.341. The Bertz CT molecular complexity index is 609. The first kappa shape index (κ1) is 14.2. The molecular formula is C14H13NO4S. The van der Waals surface area contributed by atoms with Gasteiger partial charge in [-0.1, -0.05) is 12.1 Å². The highest BCUT2D eigenvalue weighted by Gasteiger charge is 2.33. The Morgan fingerprint density at radius 1 is 1.45 bits per heavy atom.